The van der Waals surface area contributed by atoms with Crippen molar-refractivity contribution in [1.29, 1.82) is 5.41 Å². The van der Waals surface area contributed by atoms with Crippen LogP contribution in [0.5, 0.6) is 5.75 Å². The van der Waals surface area contributed by atoms with Gasteiger partial charge in [0.2, 0.25) is 6.08 Å². The minimum Gasteiger partial charge on any atom is -0.497 e. The van der Waals surface area contributed by atoms with Gasteiger partial charge in [0, 0.05) is 0 Å². The molecular weight excluding hydrogens is 142 g/mol. The van der Waals surface area contributed by atoms with E-state index in [1.165, 1.54) is 0 Å². The number of hydrogen-bond acceptors (Lipinski definition) is 3. The minimum absolute atomic E-state index is 0.750. The van der Waals surface area contributed by atoms with Crippen LogP contribution in [0.4, 0.5) is 0 Å². The number of methoxy groups -OCH3 is 1. The SMILES string of the molecule is COc1ccccc1.N=C=O. The predicted octanol–water partition coefficient (Wildman–Crippen LogP) is 1.60. The number of para-hydroxylation sites is 1. The van der Waals surface area contributed by atoms with Gasteiger partial charge in [-0.1, -0.05) is 18.2 Å². The van der Waals surface area contributed by atoms with Crippen LogP contribution in [-0.2, 0) is 4.79 Å². The van der Waals surface area contributed by atoms with Gasteiger partial charge in [-0.05, 0) is 12.1 Å². The molecule has 1 rings (SSSR count). The first kappa shape index (κ1) is 9.40. The molecule has 0 fully saturated rings. The molecule has 0 atom stereocenters. The lowest BCUT2D eigenvalue weighted by molar-refractivity contribution is 0.415. The molecule has 0 aromatic heterocycles. The highest BCUT2D eigenvalue weighted by atomic mass is 16.5. The van der Waals surface area contributed by atoms with Crippen LogP contribution >= 0.6 is 0 Å². The molecule has 1 aromatic carbocycles. The van der Waals surface area contributed by atoms with E-state index in [1.54, 1.807) is 7.11 Å². The third-order valence-corrected chi connectivity index (χ3v) is 0.979. The Morgan fingerprint density at radius 1 is 1.36 bits per heavy atom. The van der Waals surface area contributed by atoms with Crippen molar-refractivity contribution in [1.82, 2.24) is 0 Å². The molecule has 11 heavy (non-hydrogen) atoms. The fourth-order valence-corrected chi connectivity index (χ4v) is 0.557. The number of carbonyl (C=O) groups excluding carboxylic acids is 1. The summed E-state index contributed by atoms with van der Waals surface area (Å²) < 4.78 is 4.91. The highest BCUT2D eigenvalue weighted by molar-refractivity contribution is 5.26. The van der Waals surface area contributed by atoms with E-state index < -0.39 is 0 Å². The number of rotatable bonds is 1. The third-order valence-electron chi connectivity index (χ3n) is 0.979. The van der Waals surface area contributed by atoms with Crippen molar-refractivity contribution in [2.24, 2.45) is 0 Å². The summed E-state index contributed by atoms with van der Waals surface area (Å²) in [6.07, 6.45) is 0.750. The summed E-state index contributed by atoms with van der Waals surface area (Å²) in [4.78, 5) is 8.35. The second-order valence-corrected chi connectivity index (χ2v) is 1.62. The van der Waals surface area contributed by atoms with E-state index in [0.717, 1.165) is 11.8 Å². The molecule has 58 valence electrons. The molecule has 3 nitrogen and oxygen atoms in total. The Morgan fingerprint density at radius 2 is 1.82 bits per heavy atom. The van der Waals surface area contributed by atoms with Crippen molar-refractivity contribution in [2.45, 2.75) is 0 Å². The molecule has 1 N–H and O–H groups in total. The Morgan fingerprint density at radius 3 is 2.09 bits per heavy atom. The standard InChI is InChI=1S/C7H8O.CHNO/c1-8-7-5-3-2-4-6-7;2-1-3/h2-6H,1H3;2H. The van der Waals surface area contributed by atoms with Gasteiger partial charge in [0.1, 0.15) is 5.75 Å². The Bertz CT molecular complexity index is 215. The molecule has 3 heteroatoms. The summed E-state index contributed by atoms with van der Waals surface area (Å²) in [6, 6.07) is 9.68. The molecule has 0 heterocycles. The Balaban J connectivity index is 0.000000292. The predicted molar refractivity (Wildman–Crippen MR) is 41.4 cm³/mol. The Hall–Kier alpha value is -1.60. The maximum absolute atomic E-state index is 8.35. The number of ether oxygens (including phenoxy) is 1. The van der Waals surface area contributed by atoms with Crippen LogP contribution in [0, 0.1) is 5.41 Å². The smallest absolute Gasteiger partial charge is 0.231 e. The van der Waals surface area contributed by atoms with E-state index >= 15 is 0 Å². The van der Waals surface area contributed by atoms with Crippen LogP contribution in [-0.4, -0.2) is 13.2 Å². The lowest BCUT2D eigenvalue weighted by Crippen LogP contribution is -1.78. The zero-order valence-electron chi connectivity index (χ0n) is 6.20. The molecule has 0 aliphatic carbocycles. The van der Waals surface area contributed by atoms with Crippen LogP contribution in [0.1, 0.15) is 0 Å². The molecule has 0 unspecified atom stereocenters. The van der Waals surface area contributed by atoms with Gasteiger partial charge in [-0.3, -0.25) is 0 Å². The summed E-state index contributed by atoms with van der Waals surface area (Å²) in [6.45, 7) is 0. The topological polar surface area (TPSA) is 50.1 Å². The molecule has 0 aliphatic heterocycles. The van der Waals surface area contributed by atoms with Gasteiger partial charge in [-0.25, -0.2) is 10.2 Å². The van der Waals surface area contributed by atoms with E-state index in [0.29, 0.717) is 0 Å². The fraction of sp³-hybridized carbons (Fsp3) is 0.125. The minimum atomic E-state index is 0.750. The van der Waals surface area contributed by atoms with Crippen LogP contribution in [0.25, 0.3) is 0 Å². The summed E-state index contributed by atoms with van der Waals surface area (Å²) >= 11 is 0. The fourth-order valence-electron chi connectivity index (χ4n) is 0.557. The van der Waals surface area contributed by atoms with Gasteiger partial charge >= 0.3 is 0 Å². The van der Waals surface area contributed by atoms with Crippen molar-refractivity contribution in [3.63, 3.8) is 0 Å². The van der Waals surface area contributed by atoms with Gasteiger partial charge in [0.15, 0.2) is 0 Å². The van der Waals surface area contributed by atoms with Crippen molar-refractivity contribution >= 4 is 6.08 Å². The maximum atomic E-state index is 8.35. The first-order valence-electron chi connectivity index (χ1n) is 2.98. The Kier molecular flexibility index (Phi) is 5.57. The summed E-state index contributed by atoms with van der Waals surface area (Å²) in [5.41, 5.74) is 0. The monoisotopic (exact) mass is 151 g/mol. The molecule has 0 aliphatic rings. The second-order valence-electron chi connectivity index (χ2n) is 1.62. The van der Waals surface area contributed by atoms with Crippen LogP contribution in [0.2, 0.25) is 0 Å². The second kappa shape index (κ2) is 6.52. The average molecular weight is 151 g/mol. The highest BCUT2D eigenvalue weighted by Crippen LogP contribution is 2.05. The maximum Gasteiger partial charge on any atom is 0.231 e. The largest absolute Gasteiger partial charge is 0.497 e. The first-order valence-corrected chi connectivity index (χ1v) is 2.98. The molecule has 0 saturated carbocycles. The van der Waals surface area contributed by atoms with E-state index in [1.807, 2.05) is 30.3 Å². The number of nitrogens with one attached hydrogen (secondary N) is 1. The van der Waals surface area contributed by atoms with Crippen LogP contribution in [0.3, 0.4) is 0 Å². The summed E-state index contributed by atoms with van der Waals surface area (Å²) in [5.74, 6) is 0.910. The first-order chi connectivity index (χ1) is 5.35. The zero-order valence-corrected chi connectivity index (χ0v) is 6.20. The van der Waals surface area contributed by atoms with Crippen molar-refractivity contribution in [3.8, 4) is 5.75 Å². The van der Waals surface area contributed by atoms with Crippen molar-refractivity contribution in [3.05, 3.63) is 30.3 Å². The molecule has 0 amide bonds. The van der Waals surface area contributed by atoms with E-state index in [9.17, 15) is 0 Å². The van der Waals surface area contributed by atoms with Crippen LogP contribution in [0.15, 0.2) is 30.3 Å². The molecule has 0 saturated heterocycles. The molecule has 0 spiro atoms. The van der Waals surface area contributed by atoms with Crippen molar-refractivity contribution in [2.75, 3.05) is 7.11 Å². The molecule has 0 bridgehead atoms. The van der Waals surface area contributed by atoms with Gasteiger partial charge in [-0.2, -0.15) is 0 Å². The molecular formula is C8H9NO2. The van der Waals surface area contributed by atoms with Gasteiger partial charge in [0.05, 0.1) is 7.11 Å². The number of hydrogen-bond donors (Lipinski definition) is 1. The number of benzene rings is 1. The normalized spacial score (nSPS) is 7.00. The molecule has 0 radical (unpaired) electrons. The zero-order chi connectivity index (χ0) is 8.53. The van der Waals surface area contributed by atoms with Crippen molar-refractivity contribution < 1.29 is 9.53 Å². The quantitative estimate of drug-likeness (QED) is 0.489. The van der Waals surface area contributed by atoms with E-state index in [4.69, 9.17) is 14.9 Å². The Labute approximate surface area is 65.1 Å². The van der Waals surface area contributed by atoms with E-state index in [-0.39, 0.29) is 0 Å². The van der Waals surface area contributed by atoms with Gasteiger partial charge < -0.3 is 4.74 Å². The summed E-state index contributed by atoms with van der Waals surface area (Å²) in [5, 5.41) is 5.40. The lowest BCUT2D eigenvalue weighted by atomic mass is 10.3. The number of isocyanates is 1. The van der Waals surface area contributed by atoms with E-state index in [2.05, 4.69) is 0 Å². The average Bonchev–Trinajstić information content (AvgIpc) is 2.08. The molecule has 1 aromatic rings. The van der Waals surface area contributed by atoms with Gasteiger partial charge in [-0.15, -0.1) is 0 Å². The highest BCUT2D eigenvalue weighted by Gasteiger charge is 1.80. The lowest BCUT2D eigenvalue weighted by Gasteiger charge is -1.93. The van der Waals surface area contributed by atoms with Crippen LogP contribution < -0.4 is 4.74 Å². The third kappa shape index (κ3) is 4.88. The van der Waals surface area contributed by atoms with Gasteiger partial charge in [0.25, 0.3) is 0 Å². The summed E-state index contributed by atoms with van der Waals surface area (Å²) in [7, 11) is 1.66.